The number of nitrogens with zero attached hydrogens (tertiary/aromatic N) is 5. The van der Waals surface area contributed by atoms with Crippen molar-refractivity contribution in [1.82, 2.24) is 20.0 Å². The van der Waals surface area contributed by atoms with Gasteiger partial charge in [0.05, 0.1) is 19.0 Å². The van der Waals surface area contributed by atoms with Crippen LogP contribution in [0, 0.1) is 12.3 Å². The first kappa shape index (κ1) is 17.0. The second-order valence-electron chi connectivity index (χ2n) is 7.21. The Kier molecular flexibility index (Phi) is 4.36. The van der Waals surface area contributed by atoms with Gasteiger partial charge in [0.15, 0.2) is 0 Å². The van der Waals surface area contributed by atoms with Crippen LogP contribution in [-0.2, 0) is 0 Å². The molecule has 0 spiro atoms. The van der Waals surface area contributed by atoms with Crippen LogP contribution in [0.25, 0.3) is 0 Å². The molecule has 1 amide bonds. The number of likely N-dealkylation sites (tertiary alicyclic amines) is 1. The lowest BCUT2D eigenvalue weighted by molar-refractivity contribution is -0.0260. The summed E-state index contributed by atoms with van der Waals surface area (Å²) in [7, 11) is 0. The molecule has 0 radical (unpaired) electrons. The summed E-state index contributed by atoms with van der Waals surface area (Å²) in [6.45, 7) is 3.93. The van der Waals surface area contributed by atoms with Crippen LogP contribution >= 0.6 is 0 Å². The van der Waals surface area contributed by atoms with Gasteiger partial charge in [0, 0.05) is 43.5 Å². The van der Waals surface area contributed by atoms with Crippen LogP contribution in [0.4, 0.5) is 5.82 Å². The van der Waals surface area contributed by atoms with E-state index in [-0.39, 0.29) is 24.0 Å². The van der Waals surface area contributed by atoms with Gasteiger partial charge in [-0.3, -0.25) is 9.78 Å². The minimum absolute atomic E-state index is 0.00373. The molecule has 26 heavy (non-hydrogen) atoms. The number of anilines is 1. The van der Waals surface area contributed by atoms with E-state index in [4.69, 9.17) is 4.52 Å². The zero-order chi connectivity index (χ0) is 18.1. The number of hydrogen-bond donors (Lipinski definition) is 1. The summed E-state index contributed by atoms with van der Waals surface area (Å²) in [5.41, 5.74) is 0.157. The number of carbonyl (C=O) groups is 1. The number of amides is 1. The maximum atomic E-state index is 13.1. The lowest BCUT2D eigenvalue weighted by Crippen LogP contribution is -2.63. The fraction of sp³-hybridized carbons (Fsp3) is 0.556. The molecule has 2 fully saturated rings. The highest BCUT2D eigenvalue weighted by molar-refractivity contribution is 5.95. The molecule has 0 saturated carbocycles. The molecule has 0 unspecified atom stereocenters. The number of hydrogen-bond acceptors (Lipinski definition) is 7. The first-order chi connectivity index (χ1) is 12.6. The Morgan fingerprint density at radius 3 is 2.96 bits per heavy atom. The second-order valence-corrected chi connectivity index (χ2v) is 7.21. The van der Waals surface area contributed by atoms with Crippen molar-refractivity contribution in [3.63, 3.8) is 0 Å². The van der Waals surface area contributed by atoms with Crippen molar-refractivity contribution < 1.29 is 14.4 Å². The van der Waals surface area contributed by atoms with E-state index in [1.807, 2.05) is 4.90 Å². The minimum Gasteiger partial charge on any atom is -0.396 e. The normalized spacial score (nSPS) is 25.8. The molecule has 8 nitrogen and oxygen atoms in total. The maximum Gasteiger partial charge on any atom is 0.259 e. The summed E-state index contributed by atoms with van der Waals surface area (Å²) in [5.74, 6) is 1.29. The summed E-state index contributed by atoms with van der Waals surface area (Å²) in [6.07, 6.45) is 9.10. The fourth-order valence-corrected chi connectivity index (χ4v) is 4.42. The highest BCUT2D eigenvalue weighted by Gasteiger charge is 2.49. The molecule has 0 bridgehead atoms. The molecule has 2 atom stereocenters. The van der Waals surface area contributed by atoms with Crippen LogP contribution in [0.15, 0.2) is 29.3 Å². The third kappa shape index (κ3) is 2.74. The second kappa shape index (κ2) is 6.68. The Morgan fingerprint density at radius 2 is 2.27 bits per heavy atom. The smallest absolute Gasteiger partial charge is 0.259 e. The van der Waals surface area contributed by atoms with Crippen molar-refractivity contribution in [2.75, 3.05) is 31.1 Å². The number of aliphatic hydroxyl groups excluding tert-OH is 1. The van der Waals surface area contributed by atoms with Crippen LogP contribution in [-0.4, -0.2) is 63.3 Å². The van der Waals surface area contributed by atoms with E-state index < -0.39 is 0 Å². The van der Waals surface area contributed by atoms with Gasteiger partial charge in [-0.05, 0) is 26.2 Å². The number of aryl methyl sites for hydroxylation is 1. The molecule has 2 aliphatic rings. The molecule has 2 saturated heterocycles. The van der Waals surface area contributed by atoms with Gasteiger partial charge in [-0.25, -0.2) is 4.98 Å². The zero-order valence-electron chi connectivity index (χ0n) is 14.8. The predicted octanol–water partition coefficient (Wildman–Crippen LogP) is 1.27. The van der Waals surface area contributed by atoms with Crippen LogP contribution in [0.5, 0.6) is 0 Å². The Hall–Kier alpha value is -2.48. The topological polar surface area (TPSA) is 95.6 Å². The molecule has 2 aliphatic heterocycles. The van der Waals surface area contributed by atoms with Gasteiger partial charge in [-0.1, -0.05) is 5.16 Å². The standard InChI is InChI=1S/C18H23N5O3/c1-13-14(9-21-26-13)17(25)23-7-2-4-18(12-24)11-22(8-3-15(18)23)16-10-19-5-6-20-16/h5-6,9-10,15,24H,2-4,7-8,11-12H2,1H3/t15-,18-/m1/s1. The lowest BCUT2D eigenvalue weighted by atomic mass is 9.69. The molecule has 0 aromatic carbocycles. The van der Waals surface area contributed by atoms with Gasteiger partial charge in [0.2, 0.25) is 0 Å². The molecule has 8 heteroatoms. The summed E-state index contributed by atoms with van der Waals surface area (Å²) in [6, 6.07) is -0.00373. The number of aromatic nitrogens is 3. The SMILES string of the molecule is Cc1oncc1C(=O)N1CCC[C@]2(CO)CN(c3cnccn3)CC[C@@H]12. The van der Waals surface area contributed by atoms with Gasteiger partial charge in [0.1, 0.15) is 17.1 Å². The Morgan fingerprint density at radius 1 is 1.38 bits per heavy atom. The maximum absolute atomic E-state index is 13.1. The van der Waals surface area contributed by atoms with Gasteiger partial charge in [-0.2, -0.15) is 0 Å². The fourth-order valence-electron chi connectivity index (χ4n) is 4.42. The molecular formula is C18H23N5O3. The van der Waals surface area contributed by atoms with Gasteiger partial charge < -0.3 is 19.4 Å². The monoisotopic (exact) mass is 357 g/mol. The molecular weight excluding hydrogens is 334 g/mol. The van der Waals surface area contributed by atoms with E-state index in [1.54, 1.807) is 25.5 Å². The molecule has 0 aliphatic carbocycles. The van der Waals surface area contributed by atoms with E-state index in [0.29, 0.717) is 24.4 Å². The zero-order valence-corrected chi connectivity index (χ0v) is 14.8. The largest absolute Gasteiger partial charge is 0.396 e. The summed E-state index contributed by atoms with van der Waals surface area (Å²) >= 11 is 0. The van der Waals surface area contributed by atoms with E-state index in [1.165, 1.54) is 6.20 Å². The van der Waals surface area contributed by atoms with Crippen LogP contribution < -0.4 is 4.90 Å². The average molecular weight is 357 g/mol. The van der Waals surface area contributed by atoms with E-state index in [0.717, 1.165) is 31.6 Å². The van der Waals surface area contributed by atoms with Crippen LogP contribution in [0.1, 0.15) is 35.4 Å². The third-order valence-electron chi connectivity index (χ3n) is 5.77. The number of fused-ring (bicyclic) bond motifs is 1. The summed E-state index contributed by atoms with van der Waals surface area (Å²) in [4.78, 5) is 25.7. The highest BCUT2D eigenvalue weighted by Crippen LogP contribution is 2.42. The Balaban J connectivity index is 1.61. The molecule has 4 rings (SSSR count). The summed E-state index contributed by atoms with van der Waals surface area (Å²) < 4.78 is 5.07. The first-order valence-corrected chi connectivity index (χ1v) is 8.99. The average Bonchev–Trinajstić information content (AvgIpc) is 3.13. The number of carbonyl (C=O) groups excluding carboxylic acids is 1. The van der Waals surface area contributed by atoms with Crippen LogP contribution in [0.2, 0.25) is 0 Å². The van der Waals surface area contributed by atoms with Crippen molar-refractivity contribution in [2.24, 2.45) is 5.41 Å². The lowest BCUT2D eigenvalue weighted by Gasteiger charge is -2.54. The number of piperidine rings is 2. The Labute approximate surface area is 151 Å². The molecule has 2 aromatic heterocycles. The molecule has 1 N–H and O–H groups in total. The van der Waals surface area contributed by atoms with Crippen LogP contribution in [0.3, 0.4) is 0 Å². The highest BCUT2D eigenvalue weighted by atomic mass is 16.5. The van der Waals surface area contributed by atoms with Crippen molar-refractivity contribution in [1.29, 1.82) is 0 Å². The quantitative estimate of drug-likeness (QED) is 0.883. The van der Waals surface area contributed by atoms with Crippen molar-refractivity contribution in [2.45, 2.75) is 32.2 Å². The van der Waals surface area contributed by atoms with E-state index in [9.17, 15) is 9.90 Å². The van der Waals surface area contributed by atoms with E-state index in [2.05, 4.69) is 20.0 Å². The van der Waals surface area contributed by atoms with Crippen molar-refractivity contribution in [3.05, 3.63) is 36.1 Å². The van der Waals surface area contributed by atoms with Gasteiger partial charge in [0.25, 0.3) is 5.91 Å². The first-order valence-electron chi connectivity index (χ1n) is 8.99. The number of aliphatic hydroxyl groups is 1. The van der Waals surface area contributed by atoms with Crippen molar-refractivity contribution >= 4 is 11.7 Å². The number of rotatable bonds is 3. The van der Waals surface area contributed by atoms with Crippen molar-refractivity contribution in [3.8, 4) is 0 Å². The predicted molar refractivity (Wildman–Crippen MR) is 93.7 cm³/mol. The summed E-state index contributed by atoms with van der Waals surface area (Å²) in [5, 5.41) is 14.0. The minimum atomic E-state index is -0.352. The third-order valence-corrected chi connectivity index (χ3v) is 5.77. The Bertz CT molecular complexity index is 780. The molecule has 4 heterocycles. The van der Waals surface area contributed by atoms with Gasteiger partial charge >= 0.3 is 0 Å². The van der Waals surface area contributed by atoms with E-state index >= 15 is 0 Å². The van der Waals surface area contributed by atoms with Gasteiger partial charge in [-0.15, -0.1) is 0 Å². The molecule has 138 valence electrons. The molecule has 2 aromatic rings.